The number of aromatic nitrogens is 3. The summed E-state index contributed by atoms with van der Waals surface area (Å²) in [5.74, 6) is 0.868. The van der Waals surface area contributed by atoms with Crippen molar-refractivity contribution in [3.05, 3.63) is 76.7 Å². The normalized spacial score (nSPS) is 19.5. The Kier molecular flexibility index (Phi) is 11.4. The van der Waals surface area contributed by atoms with Crippen LogP contribution in [-0.4, -0.2) is 83.4 Å². The van der Waals surface area contributed by atoms with Crippen LogP contribution in [0.2, 0.25) is 5.02 Å². The molecule has 4 heterocycles. The van der Waals surface area contributed by atoms with Gasteiger partial charge >= 0.3 is 6.03 Å². The Morgan fingerprint density at radius 3 is 2.52 bits per heavy atom. The number of amides is 5. The van der Waals surface area contributed by atoms with Gasteiger partial charge in [-0.2, -0.15) is 5.10 Å². The molecule has 7 rings (SSSR count). The molecular weight excluding hydrogens is 710 g/mol. The summed E-state index contributed by atoms with van der Waals surface area (Å²) in [7, 11) is 1.58. The topological polar surface area (TPSA) is 148 Å². The minimum atomic E-state index is -0.532. The van der Waals surface area contributed by atoms with Gasteiger partial charge in [0.05, 0.1) is 35.1 Å². The molecular formula is C40H46ClN7O6. The van der Waals surface area contributed by atoms with Gasteiger partial charge in [-0.05, 0) is 100 Å². The van der Waals surface area contributed by atoms with E-state index in [9.17, 15) is 19.2 Å². The van der Waals surface area contributed by atoms with Crippen molar-refractivity contribution in [2.75, 3.05) is 50.2 Å². The van der Waals surface area contributed by atoms with Crippen LogP contribution >= 0.6 is 11.6 Å². The highest BCUT2D eigenvalue weighted by molar-refractivity contribution is 6.34. The van der Waals surface area contributed by atoms with Gasteiger partial charge in [0.2, 0.25) is 5.91 Å². The van der Waals surface area contributed by atoms with Crippen LogP contribution < -0.4 is 20.3 Å². The number of nitrogens with one attached hydrogen (secondary N) is 2. The van der Waals surface area contributed by atoms with Gasteiger partial charge in [-0.3, -0.25) is 29.3 Å². The number of hydrogen-bond acceptors (Lipinski definition) is 8. The lowest BCUT2D eigenvalue weighted by Crippen LogP contribution is -2.49. The number of imide groups is 1. The fourth-order valence-electron chi connectivity index (χ4n) is 7.71. The number of halogens is 1. The Hall–Kier alpha value is -5.01. The number of ether oxygens (including phenoxy) is 2. The molecule has 1 saturated carbocycles. The molecule has 0 spiro atoms. The molecule has 3 aliphatic rings. The van der Waals surface area contributed by atoms with E-state index in [4.69, 9.17) is 26.2 Å². The third kappa shape index (κ3) is 8.52. The number of carbonyl (C=O) groups excluding carboxylic acids is 4. The van der Waals surface area contributed by atoms with Crippen molar-refractivity contribution in [3.63, 3.8) is 0 Å². The van der Waals surface area contributed by atoms with Gasteiger partial charge < -0.3 is 19.7 Å². The summed E-state index contributed by atoms with van der Waals surface area (Å²) in [6.07, 6.45) is 9.23. The van der Waals surface area contributed by atoms with Gasteiger partial charge in [-0.15, -0.1) is 0 Å². The number of carbonyl (C=O) groups is 4. The van der Waals surface area contributed by atoms with E-state index in [1.54, 1.807) is 31.4 Å². The summed E-state index contributed by atoms with van der Waals surface area (Å²) in [6.45, 7) is 4.87. The van der Waals surface area contributed by atoms with Crippen LogP contribution in [-0.2, 0) is 9.53 Å². The fraction of sp³-hybridized carbons (Fsp3) is 0.450. The standard InChI is InChI=1S/C40H46ClN7O6/c1-25-4-3-5-32(42-25)38(50)43-34-20-29-23-48(45-33(29)22-36(34)53-2)30-9-6-27(7-10-30)24-54-19-15-26-12-16-46(17-13-26)39(51)28-8-11-31(41)35(21-28)47-18-14-37(49)44-40(47)52/h3-5,8,11,20-23,26-27,30H,6-7,9-10,12-19,24H2,1-2H3,(H,43,50)(H,44,49,52). The number of nitrogens with zero attached hydrogens (tertiary/aromatic N) is 5. The summed E-state index contributed by atoms with van der Waals surface area (Å²) in [5.41, 5.74) is 3.43. The lowest BCUT2D eigenvalue weighted by atomic mass is 9.86. The molecule has 14 heteroatoms. The van der Waals surface area contributed by atoms with E-state index in [0.29, 0.717) is 71.0 Å². The number of benzene rings is 2. The molecule has 0 bridgehead atoms. The number of rotatable bonds is 11. The second kappa shape index (κ2) is 16.6. The van der Waals surface area contributed by atoms with Crippen LogP contribution in [0.5, 0.6) is 5.75 Å². The molecule has 2 aliphatic heterocycles. The maximum absolute atomic E-state index is 13.4. The van der Waals surface area contributed by atoms with Crippen LogP contribution in [0.1, 0.15) is 83.9 Å². The van der Waals surface area contributed by atoms with E-state index < -0.39 is 6.03 Å². The Morgan fingerprint density at radius 1 is 0.981 bits per heavy atom. The largest absolute Gasteiger partial charge is 0.494 e. The molecule has 0 atom stereocenters. The zero-order valence-electron chi connectivity index (χ0n) is 30.7. The number of methoxy groups -OCH3 is 1. The molecule has 2 aromatic heterocycles. The zero-order chi connectivity index (χ0) is 37.8. The third-order valence-electron chi connectivity index (χ3n) is 10.9. The highest BCUT2D eigenvalue weighted by Gasteiger charge is 2.29. The summed E-state index contributed by atoms with van der Waals surface area (Å²) >= 11 is 6.38. The van der Waals surface area contributed by atoms with Crippen molar-refractivity contribution in [2.45, 2.75) is 64.3 Å². The van der Waals surface area contributed by atoms with Gasteiger partial charge in [-0.1, -0.05) is 17.7 Å². The molecule has 2 saturated heterocycles. The Bertz CT molecular complexity index is 2040. The number of urea groups is 1. The minimum absolute atomic E-state index is 0.0837. The van der Waals surface area contributed by atoms with Crippen molar-refractivity contribution >= 4 is 57.6 Å². The molecule has 0 unspecified atom stereocenters. The van der Waals surface area contributed by atoms with Crippen LogP contribution in [0.4, 0.5) is 16.2 Å². The number of likely N-dealkylation sites (tertiary alicyclic amines) is 1. The number of aryl methyl sites for hydroxylation is 1. The van der Waals surface area contributed by atoms with Crippen molar-refractivity contribution in [1.82, 2.24) is 25.0 Å². The fourth-order valence-corrected chi connectivity index (χ4v) is 7.93. The lowest BCUT2D eigenvalue weighted by molar-refractivity contribution is -0.120. The van der Waals surface area contributed by atoms with Gasteiger partial charge in [0.1, 0.15) is 11.4 Å². The van der Waals surface area contributed by atoms with E-state index in [2.05, 4.69) is 26.5 Å². The highest BCUT2D eigenvalue weighted by Crippen LogP contribution is 2.36. The maximum atomic E-state index is 13.4. The number of piperidine rings is 1. The van der Waals surface area contributed by atoms with Crippen molar-refractivity contribution in [1.29, 1.82) is 0 Å². The van der Waals surface area contributed by atoms with E-state index >= 15 is 0 Å². The molecule has 4 aromatic rings. The van der Waals surface area contributed by atoms with Gasteiger partial charge in [0, 0.05) is 68.2 Å². The smallest absolute Gasteiger partial charge is 0.328 e. The van der Waals surface area contributed by atoms with Gasteiger partial charge in [0.15, 0.2) is 0 Å². The molecule has 2 N–H and O–H groups in total. The first-order valence-corrected chi connectivity index (χ1v) is 19.1. The second-order valence-electron chi connectivity index (χ2n) is 14.5. The monoisotopic (exact) mass is 755 g/mol. The summed E-state index contributed by atoms with van der Waals surface area (Å²) in [4.78, 5) is 57.8. The van der Waals surface area contributed by atoms with Crippen molar-refractivity contribution < 1.29 is 28.7 Å². The summed E-state index contributed by atoms with van der Waals surface area (Å²) in [5, 5.41) is 11.4. The highest BCUT2D eigenvalue weighted by atomic mass is 35.5. The van der Waals surface area contributed by atoms with Crippen molar-refractivity contribution in [3.8, 4) is 5.75 Å². The molecule has 1 aliphatic carbocycles. The zero-order valence-corrected chi connectivity index (χ0v) is 31.4. The van der Waals surface area contributed by atoms with Gasteiger partial charge in [-0.25, -0.2) is 9.78 Å². The maximum Gasteiger partial charge on any atom is 0.328 e. The van der Waals surface area contributed by atoms with Crippen LogP contribution in [0.25, 0.3) is 10.9 Å². The molecule has 54 heavy (non-hydrogen) atoms. The lowest BCUT2D eigenvalue weighted by Gasteiger charge is -2.33. The van der Waals surface area contributed by atoms with E-state index in [1.807, 2.05) is 36.1 Å². The minimum Gasteiger partial charge on any atom is -0.494 e. The average Bonchev–Trinajstić information content (AvgIpc) is 3.60. The third-order valence-corrected chi connectivity index (χ3v) is 11.2. The van der Waals surface area contributed by atoms with Crippen molar-refractivity contribution in [2.24, 2.45) is 11.8 Å². The first kappa shape index (κ1) is 37.3. The second-order valence-corrected chi connectivity index (χ2v) is 14.9. The van der Waals surface area contributed by atoms with Crippen LogP contribution in [0, 0.1) is 18.8 Å². The number of pyridine rings is 1. The SMILES string of the molecule is COc1cc2nn(C3CCC(COCCC4CCN(C(=O)c5ccc(Cl)c(N6CCC(=O)NC6=O)c5)CC4)CC3)cc2cc1NC(=O)c1cccc(C)n1. The van der Waals surface area contributed by atoms with E-state index in [1.165, 1.54) is 4.90 Å². The Labute approximate surface area is 319 Å². The molecule has 5 amide bonds. The first-order valence-electron chi connectivity index (χ1n) is 18.7. The Balaban J connectivity index is 0.834. The number of fused-ring (bicyclic) bond motifs is 1. The van der Waals surface area contributed by atoms with E-state index in [-0.39, 0.29) is 30.7 Å². The van der Waals surface area contributed by atoms with E-state index in [0.717, 1.165) is 68.1 Å². The first-order chi connectivity index (χ1) is 26.1. The van der Waals surface area contributed by atoms with Crippen LogP contribution in [0.15, 0.2) is 54.7 Å². The predicted molar refractivity (Wildman–Crippen MR) is 205 cm³/mol. The van der Waals surface area contributed by atoms with Gasteiger partial charge in [0.25, 0.3) is 11.8 Å². The predicted octanol–water partition coefficient (Wildman–Crippen LogP) is 6.79. The number of hydrogen-bond donors (Lipinski definition) is 2. The molecule has 13 nitrogen and oxygen atoms in total. The molecule has 3 fully saturated rings. The summed E-state index contributed by atoms with van der Waals surface area (Å²) < 4.78 is 13.8. The molecule has 0 radical (unpaired) electrons. The van der Waals surface area contributed by atoms with Crippen LogP contribution in [0.3, 0.4) is 0 Å². The Morgan fingerprint density at radius 2 is 1.78 bits per heavy atom. The molecule has 2 aromatic carbocycles. The average molecular weight is 756 g/mol. The summed E-state index contributed by atoms with van der Waals surface area (Å²) in [6, 6.07) is 13.9. The number of anilines is 2. The molecule has 284 valence electrons. The quantitative estimate of drug-likeness (QED) is 0.159.